The van der Waals surface area contributed by atoms with Gasteiger partial charge in [0.1, 0.15) is 0 Å². The molecule has 0 saturated heterocycles. The standard InChI is InChI=1S/C4H5IN2O/c1-3-2-4(6-5)8-7-3/h2,6H,1H3. The number of nitrogens with one attached hydrogen (secondary N) is 1. The van der Waals surface area contributed by atoms with Crippen molar-refractivity contribution >= 4 is 28.7 Å². The van der Waals surface area contributed by atoms with E-state index in [2.05, 4.69) is 8.69 Å². The van der Waals surface area contributed by atoms with Gasteiger partial charge in [-0.2, -0.15) is 0 Å². The maximum absolute atomic E-state index is 4.74. The summed E-state index contributed by atoms with van der Waals surface area (Å²) >= 11 is 1.98. The van der Waals surface area contributed by atoms with E-state index in [0.717, 1.165) is 5.69 Å². The number of anilines is 1. The molecule has 0 unspecified atom stereocenters. The van der Waals surface area contributed by atoms with Gasteiger partial charge in [-0.3, -0.25) is 3.53 Å². The molecular formula is C4H5IN2O. The topological polar surface area (TPSA) is 38.1 Å². The van der Waals surface area contributed by atoms with Gasteiger partial charge in [-0.05, 0) is 6.92 Å². The summed E-state index contributed by atoms with van der Waals surface area (Å²) in [7, 11) is 0. The van der Waals surface area contributed by atoms with Crippen molar-refractivity contribution in [1.82, 2.24) is 5.16 Å². The number of halogens is 1. The number of aromatic nitrogens is 1. The van der Waals surface area contributed by atoms with E-state index in [1.54, 1.807) is 0 Å². The molecule has 0 aromatic carbocycles. The van der Waals surface area contributed by atoms with Crippen LogP contribution in [0.1, 0.15) is 5.69 Å². The number of nitrogens with zero attached hydrogens (tertiary/aromatic N) is 1. The van der Waals surface area contributed by atoms with Gasteiger partial charge in [0.25, 0.3) is 0 Å². The molecule has 0 bridgehead atoms. The molecule has 1 heterocycles. The maximum atomic E-state index is 4.74. The zero-order valence-electron chi connectivity index (χ0n) is 4.31. The smallest absolute Gasteiger partial charge is 0.233 e. The maximum Gasteiger partial charge on any atom is 0.233 e. The third-order valence-electron chi connectivity index (χ3n) is 0.721. The number of rotatable bonds is 1. The molecule has 0 fully saturated rings. The molecule has 1 N–H and O–H groups in total. The Morgan fingerprint density at radius 1 is 1.88 bits per heavy atom. The molecule has 0 saturated carbocycles. The molecule has 0 spiro atoms. The van der Waals surface area contributed by atoms with E-state index in [-0.39, 0.29) is 0 Å². The Hall–Kier alpha value is -0.260. The third-order valence-corrected chi connectivity index (χ3v) is 1.25. The summed E-state index contributed by atoms with van der Waals surface area (Å²) in [6, 6.07) is 1.83. The molecular weight excluding hydrogens is 219 g/mol. The molecule has 3 nitrogen and oxygen atoms in total. The highest BCUT2D eigenvalue weighted by Gasteiger charge is 1.93. The van der Waals surface area contributed by atoms with Crippen molar-refractivity contribution in [1.29, 1.82) is 0 Å². The second-order valence-corrected chi connectivity index (χ2v) is 1.97. The van der Waals surface area contributed by atoms with Crippen LogP contribution in [0.5, 0.6) is 0 Å². The monoisotopic (exact) mass is 224 g/mol. The Morgan fingerprint density at radius 3 is 2.88 bits per heavy atom. The van der Waals surface area contributed by atoms with E-state index in [4.69, 9.17) is 4.52 Å². The first-order valence-corrected chi connectivity index (χ1v) is 3.21. The van der Waals surface area contributed by atoms with Crippen molar-refractivity contribution in [2.24, 2.45) is 0 Å². The molecule has 1 rings (SSSR count). The van der Waals surface area contributed by atoms with Gasteiger partial charge < -0.3 is 4.52 Å². The molecule has 0 aliphatic heterocycles. The van der Waals surface area contributed by atoms with E-state index < -0.39 is 0 Å². The summed E-state index contributed by atoms with van der Waals surface area (Å²) in [4.78, 5) is 0. The lowest BCUT2D eigenvalue weighted by Gasteiger charge is -1.80. The minimum atomic E-state index is 0.697. The van der Waals surface area contributed by atoms with Gasteiger partial charge in [-0.25, -0.2) is 0 Å². The lowest BCUT2D eigenvalue weighted by molar-refractivity contribution is 0.432. The average Bonchev–Trinajstić information content (AvgIpc) is 2.14. The molecule has 1 aromatic rings. The van der Waals surface area contributed by atoms with Crippen LogP contribution in [0.2, 0.25) is 0 Å². The first-order valence-electron chi connectivity index (χ1n) is 2.13. The van der Waals surface area contributed by atoms with Crippen LogP contribution in [0.3, 0.4) is 0 Å². The lowest BCUT2D eigenvalue weighted by Crippen LogP contribution is -1.69. The Kier molecular flexibility index (Phi) is 1.72. The van der Waals surface area contributed by atoms with Gasteiger partial charge in [0.05, 0.1) is 28.6 Å². The van der Waals surface area contributed by atoms with E-state index in [9.17, 15) is 0 Å². The summed E-state index contributed by atoms with van der Waals surface area (Å²) in [6.07, 6.45) is 0. The van der Waals surface area contributed by atoms with Gasteiger partial charge in [-0.15, -0.1) is 0 Å². The molecule has 44 valence electrons. The fourth-order valence-electron chi connectivity index (χ4n) is 0.408. The van der Waals surface area contributed by atoms with E-state index in [1.165, 1.54) is 0 Å². The summed E-state index contributed by atoms with van der Waals surface area (Å²) < 4.78 is 7.53. The van der Waals surface area contributed by atoms with Crippen molar-refractivity contribution < 1.29 is 4.52 Å². The van der Waals surface area contributed by atoms with Crippen LogP contribution in [0.4, 0.5) is 5.88 Å². The number of hydrogen-bond acceptors (Lipinski definition) is 3. The second kappa shape index (κ2) is 2.34. The molecule has 0 aliphatic rings. The minimum Gasteiger partial charge on any atom is -0.338 e. The van der Waals surface area contributed by atoms with Gasteiger partial charge in [0, 0.05) is 6.07 Å². The SMILES string of the molecule is Cc1cc(NI)on1. The van der Waals surface area contributed by atoms with Crippen LogP contribution in [0, 0.1) is 6.92 Å². The van der Waals surface area contributed by atoms with Crippen LogP contribution in [0.25, 0.3) is 0 Å². The quantitative estimate of drug-likeness (QED) is 0.583. The van der Waals surface area contributed by atoms with Crippen molar-refractivity contribution in [3.05, 3.63) is 11.8 Å². The van der Waals surface area contributed by atoms with Crippen LogP contribution < -0.4 is 3.53 Å². The van der Waals surface area contributed by atoms with Crippen LogP contribution in [0.15, 0.2) is 10.6 Å². The lowest BCUT2D eigenvalue weighted by atomic mass is 10.5. The Bertz CT molecular complexity index is 174. The summed E-state index contributed by atoms with van der Waals surface area (Å²) in [5.41, 5.74) is 0.893. The predicted octanol–water partition coefficient (Wildman–Crippen LogP) is 1.74. The van der Waals surface area contributed by atoms with Crippen molar-refractivity contribution in [3.63, 3.8) is 0 Å². The Balaban J connectivity index is 2.84. The van der Waals surface area contributed by atoms with Crippen LogP contribution in [-0.2, 0) is 0 Å². The number of aryl methyl sites for hydroxylation is 1. The first-order chi connectivity index (χ1) is 3.83. The van der Waals surface area contributed by atoms with Crippen molar-refractivity contribution in [2.45, 2.75) is 6.92 Å². The number of hydrogen-bond donors (Lipinski definition) is 1. The first kappa shape index (κ1) is 5.87. The van der Waals surface area contributed by atoms with Gasteiger partial charge >= 0.3 is 0 Å². The molecule has 0 aliphatic carbocycles. The second-order valence-electron chi connectivity index (χ2n) is 1.43. The predicted molar refractivity (Wildman–Crippen MR) is 38.9 cm³/mol. The third kappa shape index (κ3) is 1.12. The fourth-order valence-corrected chi connectivity index (χ4v) is 0.662. The van der Waals surface area contributed by atoms with E-state index >= 15 is 0 Å². The molecule has 1 aromatic heterocycles. The van der Waals surface area contributed by atoms with Crippen molar-refractivity contribution in [3.8, 4) is 0 Å². The Morgan fingerprint density at radius 2 is 2.62 bits per heavy atom. The summed E-state index contributed by atoms with van der Waals surface area (Å²) in [6.45, 7) is 1.88. The summed E-state index contributed by atoms with van der Waals surface area (Å²) in [5, 5.41) is 3.65. The molecule has 0 atom stereocenters. The zero-order chi connectivity index (χ0) is 5.98. The zero-order valence-corrected chi connectivity index (χ0v) is 6.47. The van der Waals surface area contributed by atoms with Crippen molar-refractivity contribution in [2.75, 3.05) is 3.53 Å². The molecule has 4 heteroatoms. The van der Waals surface area contributed by atoms with E-state index in [1.807, 2.05) is 35.9 Å². The summed E-state index contributed by atoms with van der Waals surface area (Å²) in [5.74, 6) is 0.697. The highest BCUT2D eigenvalue weighted by Crippen LogP contribution is 2.09. The minimum absolute atomic E-state index is 0.697. The highest BCUT2D eigenvalue weighted by atomic mass is 127. The fraction of sp³-hybridized carbons (Fsp3) is 0.250. The van der Waals surface area contributed by atoms with Gasteiger partial charge in [0.2, 0.25) is 5.88 Å². The molecule has 0 amide bonds. The van der Waals surface area contributed by atoms with Gasteiger partial charge in [0.15, 0.2) is 0 Å². The molecule has 0 radical (unpaired) electrons. The largest absolute Gasteiger partial charge is 0.338 e. The normalized spacial score (nSPS) is 9.25. The average molecular weight is 224 g/mol. The van der Waals surface area contributed by atoms with Crippen LogP contribution >= 0.6 is 22.9 Å². The van der Waals surface area contributed by atoms with Crippen LogP contribution in [-0.4, -0.2) is 5.16 Å². The highest BCUT2D eigenvalue weighted by molar-refractivity contribution is 14.1. The molecule has 8 heavy (non-hydrogen) atoms. The van der Waals surface area contributed by atoms with E-state index in [0.29, 0.717) is 5.88 Å². The Labute approximate surface area is 60.9 Å². The van der Waals surface area contributed by atoms with Gasteiger partial charge in [-0.1, -0.05) is 5.16 Å².